The molecule has 4 rings (SSSR count). The van der Waals surface area contributed by atoms with E-state index in [9.17, 15) is 15.0 Å². The van der Waals surface area contributed by atoms with Gasteiger partial charge >= 0.3 is 0 Å². The Morgan fingerprint density at radius 3 is 1.53 bits per heavy atom. The second-order valence-corrected chi connectivity index (χ2v) is 9.13. The van der Waals surface area contributed by atoms with Gasteiger partial charge in [0.05, 0.1) is 25.0 Å². The monoisotopic (exact) mass is 526 g/mol. The number of rotatable bonds is 6. The second kappa shape index (κ2) is 8.98. The molecule has 4 aromatic rings. The Balaban J connectivity index is 1.83. The first-order valence-electron chi connectivity index (χ1n) is 9.65. The van der Waals surface area contributed by atoms with Gasteiger partial charge in [0.2, 0.25) is 0 Å². The number of carbonyl (C=O) groups excluding carboxylic acids is 1. The second-order valence-electron chi connectivity index (χ2n) is 7.30. The molecule has 0 bridgehead atoms. The lowest BCUT2D eigenvalue weighted by atomic mass is 9.81. The molecule has 2 N–H and O–H groups in total. The van der Waals surface area contributed by atoms with Crippen molar-refractivity contribution in [3.05, 3.63) is 92.9 Å². The first-order valence-corrected chi connectivity index (χ1v) is 11.2. The predicted octanol–water partition coefficient (Wildman–Crippen LogP) is 5.94. The minimum absolute atomic E-state index is 0.194. The van der Waals surface area contributed by atoms with E-state index in [0.29, 0.717) is 0 Å². The van der Waals surface area contributed by atoms with Crippen LogP contribution in [0.1, 0.15) is 23.0 Å². The molecule has 30 heavy (non-hydrogen) atoms. The molecule has 0 aliphatic carbocycles. The van der Waals surface area contributed by atoms with Crippen molar-refractivity contribution in [2.24, 2.45) is 0 Å². The molecule has 0 aliphatic rings. The summed E-state index contributed by atoms with van der Waals surface area (Å²) in [6.07, 6.45) is 0. The average molecular weight is 528 g/mol. The fourth-order valence-corrected chi connectivity index (χ4v) is 4.79. The zero-order valence-corrected chi connectivity index (χ0v) is 19.2. The molecule has 0 spiro atoms. The van der Waals surface area contributed by atoms with Crippen molar-refractivity contribution in [1.82, 2.24) is 0 Å². The number of ketones is 1. The number of halogens is 2. The van der Waals surface area contributed by atoms with Crippen LogP contribution in [-0.4, -0.2) is 29.2 Å². The number of fused-ring (bicyclic) bond motifs is 2. The van der Waals surface area contributed by atoms with Gasteiger partial charge in [-0.1, -0.05) is 80.4 Å². The largest absolute Gasteiger partial charge is 0.395 e. The first kappa shape index (κ1) is 21.2. The lowest BCUT2D eigenvalue weighted by Gasteiger charge is -2.23. The van der Waals surface area contributed by atoms with Crippen molar-refractivity contribution in [2.75, 3.05) is 13.2 Å². The van der Waals surface area contributed by atoms with Crippen LogP contribution in [0.3, 0.4) is 0 Å². The summed E-state index contributed by atoms with van der Waals surface area (Å²) in [7, 11) is 0. The Labute approximate surface area is 191 Å². The summed E-state index contributed by atoms with van der Waals surface area (Å²) in [4.78, 5) is 13.6. The van der Waals surface area contributed by atoms with E-state index in [2.05, 4.69) is 31.9 Å². The van der Waals surface area contributed by atoms with Crippen molar-refractivity contribution in [3.8, 4) is 0 Å². The topological polar surface area (TPSA) is 57.5 Å². The summed E-state index contributed by atoms with van der Waals surface area (Å²) in [5.74, 6) is -1.66. The molecular formula is C25H20Br2O3. The van der Waals surface area contributed by atoms with Gasteiger partial charge in [-0.2, -0.15) is 0 Å². The molecule has 0 saturated heterocycles. The van der Waals surface area contributed by atoms with Gasteiger partial charge in [0.25, 0.3) is 0 Å². The van der Waals surface area contributed by atoms with Crippen LogP contribution in [0.25, 0.3) is 21.5 Å². The number of benzene rings is 4. The van der Waals surface area contributed by atoms with E-state index >= 15 is 0 Å². The summed E-state index contributed by atoms with van der Waals surface area (Å²) < 4.78 is 1.81. The van der Waals surface area contributed by atoms with Gasteiger partial charge in [-0.25, -0.2) is 0 Å². The maximum Gasteiger partial charge on any atom is 0.152 e. The highest BCUT2D eigenvalue weighted by Crippen LogP contribution is 2.35. The van der Waals surface area contributed by atoms with Crippen molar-refractivity contribution in [3.63, 3.8) is 0 Å². The normalized spacial score (nSPS) is 13.5. The lowest BCUT2D eigenvalue weighted by molar-refractivity contribution is -0.123. The summed E-state index contributed by atoms with van der Waals surface area (Å²) in [5, 5.41) is 24.2. The van der Waals surface area contributed by atoms with Gasteiger partial charge in [-0.3, -0.25) is 4.79 Å². The van der Waals surface area contributed by atoms with E-state index in [1.54, 1.807) is 0 Å². The Bertz CT molecular complexity index is 1140. The van der Waals surface area contributed by atoms with Gasteiger partial charge in [0.15, 0.2) is 5.78 Å². The smallest absolute Gasteiger partial charge is 0.152 e. The van der Waals surface area contributed by atoms with E-state index < -0.39 is 11.8 Å². The lowest BCUT2D eigenvalue weighted by Crippen LogP contribution is -2.26. The fourth-order valence-electron chi connectivity index (χ4n) is 4.07. The average Bonchev–Trinajstić information content (AvgIpc) is 2.75. The van der Waals surface area contributed by atoms with Crippen LogP contribution in [-0.2, 0) is 4.79 Å². The molecule has 0 aliphatic heterocycles. The quantitative estimate of drug-likeness (QED) is 0.326. The molecule has 0 fully saturated rings. The molecule has 0 aromatic heterocycles. The zero-order valence-electron chi connectivity index (χ0n) is 16.1. The number of aliphatic hydroxyl groups excluding tert-OH is 2. The van der Waals surface area contributed by atoms with Crippen molar-refractivity contribution in [2.45, 2.75) is 11.8 Å². The van der Waals surface area contributed by atoms with E-state index in [1.807, 2.05) is 72.8 Å². The third-order valence-corrected chi connectivity index (χ3v) is 6.55. The Kier molecular flexibility index (Phi) is 6.34. The van der Waals surface area contributed by atoms with Crippen molar-refractivity contribution < 1.29 is 15.0 Å². The molecule has 0 radical (unpaired) electrons. The Morgan fingerprint density at radius 2 is 1.13 bits per heavy atom. The number of hydrogen-bond donors (Lipinski definition) is 2. The molecule has 4 aromatic carbocycles. The fraction of sp³-hybridized carbons (Fsp3) is 0.160. The van der Waals surface area contributed by atoms with Crippen molar-refractivity contribution in [1.29, 1.82) is 0 Å². The molecule has 5 heteroatoms. The van der Waals surface area contributed by atoms with E-state index in [0.717, 1.165) is 41.6 Å². The van der Waals surface area contributed by atoms with Gasteiger partial charge in [0.1, 0.15) is 0 Å². The van der Waals surface area contributed by atoms with Crippen LogP contribution in [0, 0.1) is 0 Å². The zero-order chi connectivity index (χ0) is 21.3. The molecule has 3 nitrogen and oxygen atoms in total. The Hall–Kier alpha value is -2.05. The molecule has 152 valence electrons. The van der Waals surface area contributed by atoms with Crippen LogP contribution in [0.4, 0.5) is 0 Å². The van der Waals surface area contributed by atoms with Gasteiger partial charge in [0, 0.05) is 8.95 Å². The summed E-state index contributed by atoms with van der Waals surface area (Å²) in [6.45, 7) is -0.648. The van der Waals surface area contributed by atoms with Crippen LogP contribution >= 0.6 is 31.9 Å². The standard InChI is InChI=1S/C25H20Br2O3/c26-17-9-7-15-3-1-5-19(21(15)11-17)23(13-28)25(30)24(14-29)20-6-2-4-16-8-10-18(27)12-22(16)20/h1-12,23-24,28-29H,13-14H2. The predicted molar refractivity (Wildman–Crippen MR) is 128 cm³/mol. The minimum atomic E-state index is -0.734. The summed E-state index contributed by atoms with van der Waals surface area (Å²) in [6, 6.07) is 23.3. The third kappa shape index (κ3) is 3.95. The van der Waals surface area contributed by atoms with Gasteiger partial charge in [-0.15, -0.1) is 0 Å². The van der Waals surface area contributed by atoms with Gasteiger partial charge in [-0.05, 0) is 56.9 Å². The van der Waals surface area contributed by atoms with Crippen LogP contribution in [0.5, 0.6) is 0 Å². The van der Waals surface area contributed by atoms with Gasteiger partial charge < -0.3 is 10.2 Å². The molecule has 0 heterocycles. The highest BCUT2D eigenvalue weighted by Gasteiger charge is 2.30. The number of hydrogen-bond acceptors (Lipinski definition) is 3. The van der Waals surface area contributed by atoms with Crippen LogP contribution in [0.2, 0.25) is 0 Å². The highest BCUT2D eigenvalue weighted by atomic mass is 79.9. The first-order chi connectivity index (χ1) is 14.5. The summed E-state index contributed by atoms with van der Waals surface area (Å²) in [5.41, 5.74) is 1.53. The molecule has 0 amide bonds. The number of aliphatic hydroxyl groups is 2. The van der Waals surface area contributed by atoms with E-state index in [-0.39, 0.29) is 19.0 Å². The maximum atomic E-state index is 13.6. The van der Waals surface area contributed by atoms with E-state index in [4.69, 9.17) is 0 Å². The van der Waals surface area contributed by atoms with Crippen LogP contribution in [0.15, 0.2) is 81.7 Å². The molecular weight excluding hydrogens is 508 g/mol. The number of Topliss-reactive ketones (excluding diaryl/α,β-unsaturated/α-hetero) is 1. The number of carbonyl (C=O) groups is 1. The van der Waals surface area contributed by atoms with Crippen molar-refractivity contribution >= 4 is 59.2 Å². The highest BCUT2D eigenvalue weighted by molar-refractivity contribution is 9.10. The molecule has 0 saturated carbocycles. The molecule has 2 atom stereocenters. The molecule has 2 unspecified atom stereocenters. The Morgan fingerprint density at radius 1 is 0.700 bits per heavy atom. The van der Waals surface area contributed by atoms with Crippen LogP contribution < -0.4 is 0 Å². The maximum absolute atomic E-state index is 13.6. The SMILES string of the molecule is O=C(C(CO)c1cccc2ccc(Br)cc12)C(CO)c1cccc2ccc(Br)cc12. The minimum Gasteiger partial charge on any atom is -0.395 e. The third-order valence-electron chi connectivity index (χ3n) is 5.56. The van der Waals surface area contributed by atoms with E-state index in [1.165, 1.54) is 0 Å². The summed E-state index contributed by atoms with van der Waals surface area (Å²) >= 11 is 6.99.